The van der Waals surface area contributed by atoms with Crippen molar-refractivity contribution in [3.05, 3.63) is 29.4 Å². The van der Waals surface area contributed by atoms with Gasteiger partial charge < -0.3 is 5.21 Å². The molecule has 0 bridgehead atoms. The first-order chi connectivity index (χ1) is 8.75. The summed E-state index contributed by atoms with van der Waals surface area (Å²) in [6.07, 6.45) is 2.56. The molecule has 4 nitrogen and oxygen atoms in total. The van der Waals surface area contributed by atoms with Crippen LogP contribution in [0.2, 0.25) is 5.02 Å². The molecule has 104 valence electrons. The van der Waals surface area contributed by atoms with Crippen LogP contribution < -0.4 is 5.48 Å². The van der Waals surface area contributed by atoms with Crippen molar-refractivity contribution in [1.29, 1.82) is 0 Å². The molecular weight excluding hydrogens is 262 g/mol. The normalized spacial score (nSPS) is 13.2. The molecule has 0 saturated carbocycles. The first kappa shape index (κ1) is 14.3. The van der Waals surface area contributed by atoms with Gasteiger partial charge in [0.1, 0.15) is 0 Å². The van der Waals surface area contributed by atoms with Gasteiger partial charge in [0.05, 0.1) is 17.3 Å². The summed E-state index contributed by atoms with van der Waals surface area (Å²) in [5.74, 6) is 0. The van der Waals surface area contributed by atoms with E-state index in [0.29, 0.717) is 5.02 Å². The summed E-state index contributed by atoms with van der Waals surface area (Å²) in [5, 5.41) is 15.4. The van der Waals surface area contributed by atoms with Gasteiger partial charge in [0.15, 0.2) is 0 Å². The topological polar surface area (TPSA) is 50.1 Å². The van der Waals surface area contributed by atoms with E-state index >= 15 is 0 Å². The number of nitrogens with zero attached hydrogens (tertiary/aromatic N) is 2. The number of halogens is 1. The number of hydroxylamine groups is 1. The molecule has 2 rings (SSSR count). The number of rotatable bonds is 4. The second-order valence-corrected chi connectivity index (χ2v) is 6.68. The first-order valence-corrected chi connectivity index (χ1v) is 6.68. The van der Waals surface area contributed by atoms with Crippen LogP contribution in [0.3, 0.4) is 0 Å². The van der Waals surface area contributed by atoms with Crippen molar-refractivity contribution < 1.29 is 5.21 Å². The van der Waals surface area contributed by atoms with E-state index in [-0.39, 0.29) is 11.1 Å². The molecule has 0 aliphatic carbocycles. The molecule has 1 aromatic carbocycles. The van der Waals surface area contributed by atoms with Gasteiger partial charge in [0.25, 0.3) is 0 Å². The predicted molar refractivity (Wildman–Crippen MR) is 77.7 cm³/mol. The molecule has 5 heteroatoms. The fraction of sp³-hybridized carbons (Fsp3) is 0.500. The molecular formula is C14H20ClN3O. The Morgan fingerprint density at radius 2 is 2.00 bits per heavy atom. The van der Waals surface area contributed by atoms with Crippen LogP contribution in [0.1, 0.15) is 34.1 Å². The van der Waals surface area contributed by atoms with Gasteiger partial charge in [0.2, 0.25) is 0 Å². The Morgan fingerprint density at radius 3 is 2.63 bits per heavy atom. The lowest BCUT2D eigenvalue weighted by Gasteiger charge is -2.34. The molecule has 2 N–H and O–H groups in total. The van der Waals surface area contributed by atoms with Crippen LogP contribution in [0.5, 0.6) is 0 Å². The van der Waals surface area contributed by atoms with Gasteiger partial charge in [-0.25, -0.2) is 0 Å². The largest absolute Gasteiger partial charge is 0.316 e. The Morgan fingerprint density at radius 1 is 1.32 bits per heavy atom. The summed E-state index contributed by atoms with van der Waals surface area (Å²) >= 11 is 6.06. The van der Waals surface area contributed by atoms with Crippen molar-refractivity contribution in [3.8, 4) is 0 Å². The maximum Gasteiger partial charge on any atom is 0.0703 e. The monoisotopic (exact) mass is 281 g/mol. The van der Waals surface area contributed by atoms with E-state index in [1.165, 1.54) is 0 Å². The Labute approximate surface area is 118 Å². The van der Waals surface area contributed by atoms with Crippen LogP contribution in [-0.4, -0.2) is 20.5 Å². The highest BCUT2D eigenvalue weighted by Crippen LogP contribution is 2.30. The highest BCUT2D eigenvalue weighted by molar-refractivity contribution is 6.31. The van der Waals surface area contributed by atoms with E-state index < -0.39 is 0 Å². The first-order valence-electron chi connectivity index (χ1n) is 6.30. The minimum absolute atomic E-state index is 0.244. The number of benzene rings is 1. The van der Waals surface area contributed by atoms with Crippen molar-refractivity contribution >= 4 is 22.5 Å². The number of nitrogens with one attached hydrogen (secondary N) is 1. The molecule has 0 spiro atoms. The Bertz CT molecular complexity index is 589. The van der Waals surface area contributed by atoms with Crippen molar-refractivity contribution in [2.24, 2.45) is 0 Å². The summed E-state index contributed by atoms with van der Waals surface area (Å²) in [7, 11) is 0. The molecule has 0 atom stereocenters. The van der Waals surface area contributed by atoms with Gasteiger partial charge in [0, 0.05) is 15.9 Å². The van der Waals surface area contributed by atoms with E-state index in [9.17, 15) is 5.21 Å². The fourth-order valence-corrected chi connectivity index (χ4v) is 2.84. The van der Waals surface area contributed by atoms with E-state index in [4.69, 9.17) is 11.6 Å². The SMILES string of the molecule is CC(C)(CC(C)(C)n1ncc2ccc(Cl)cc21)NO. The molecule has 0 unspecified atom stereocenters. The quantitative estimate of drug-likeness (QED) is 0.843. The number of fused-ring (bicyclic) bond motifs is 1. The molecule has 0 fully saturated rings. The molecule has 0 amide bonds. The smallest absolute Gasteiger partial charge is 0.0703 e. The van der Waals surface area contributed by atoms with Crippen LogP contribution >= 0.6 is 11.6 Å². The average Bonchev–Trinajstić information content (AvgIpc) is 2.71. The lowest BCUT2D eigenvalue weighted by molar-refractivity contribution is 0.0532. The third kappa shape index (κ3) is 2.91. The second-order valence-electron chi connectivity index (χ2n) is 6.24. The van der Waals surface area contributed by atoms with E-state index in [0.717, 1.165) is 17.3 Å². The zero-order valence-corrected chi connectivity index (χ0v) is 12.5. The second kappa shape index (κ2) is 4.78. The van der Waals surface area contributed by atoms with Gasteiger partial charge in [-0.3, -0.25) is 4.68 Å². The van der Waals surface area contributed by atoms with E-state index in [1.807, 2.05) is 42.9 Å². The van der Waals surface area contributed by atoms with Gasteiger partial charge in [-0.15, -0.1) is 0 Å². The standard InChI is InChI=1S/C14H20ClN3O/c1-13(2,17-19)9-14(3,4)18-12-7-11(15)6-5-10(12)8-16-18/h5-8,17,19H,9H2,1-4H3. The summed E-state index contributed by atoms with van der Waals surface area (Å²) in [6, 6.07) is 5.75. The van der Waals surface area contributed by atoms with Gasteiger partial charge in [-0.05, 0) is 52.3 Å². The van der Waals surface area contributed by atoms with Crippen LogP contribution in [0.4, 0.5) is 0 Å². The molecule has 19 heavy (non-hydrogen) atoms. The van der Waals surface area contributed by atoms with Crippen LogP contribution in [0.25, 0.3) is 10.9 Å². The molecule has 0 saturated heterocycles. The lowest BCUT2D eigenvalue weighted by Crippen LogP contribution is -2.44. The molecule has 2 aromatic rings. The predicted octanol–water partition coefficient (Wildman–Crippen LogP) is 3.57. The summed E-state index contributed by atoms with van der Waals surface area (Å²) in [5.41, 5.74) is 2.72. The van der Waals surface area contributed by atoms with Crippen LogP contribution in [-0.2, 0) is 5.54 Å². The molecule has 1 aromatic heterocycles. The molecule has 1 heterocycles. The highest BCUT2D eigenvalue weighted by Gasteiger charge is 2.31. The van der Waals surface area contributed by atoms with Crippen molar-refractivity contribution in [2.75, 3.05) is 0 Å². The maximum atomic E-state index is 9.21. The van der Waals surface area contributed by atoms with Crippen molar-refractivity contribution in [2.45, 2.75) is 45.2 Å². The Kier molecular flexibility index (Phi) is 3.60. The van der Waals surface area contributed by atoms with Crippen LogP contribution in [0, 0.1) is 0 Å². The summed E-state index contributed by atoms with van der Waals surface area (Å²) in [4.78, 5) is 0. The number of aromatic nitrogens is 2. The van der Waals surface area contributed by atoms with Crippen molar-refractivity contribution in [1.82, 2.24) is 15.3 Å². The third-order valence-corrected chi connectivity index (χ3v) is 3.52. The fourth-order valence-electron chi connectivity index (χ4n) is 2.67. The third-order valence-electron chi connectivity index (χ3n) is 3.28. The molecule has 0 aliphatic rings. The number of hydrogen-bond acceptors (Lipinski definition) is 3. The summed E-state index contributed by atoms with van der Waals surface area (Å²) in [6.45, 7) is 8.10. The number of hydrogen-bond donors (Lipinski definition) is 2. The zero-order valence-electron chi connectivity index (χ0n) is 11.7. The van der Waals surface area contributed by atoms with E-state index in [2.05, 4.69) is 24.4 Å². The minimum atomic E-state index is -0.389. The molecule has 0 radical (unpaired) electrons. The average molecular weight is 282 g/mol. The van der Waals surface area contributed by atoms with Gasteiger partial charge >= 0.3 is 0 Å². The summed E-state index contributed by atoms with van der Waals surface area (Å²) < 4.78 is 1.97. The van der Waals surface area contributed by atoms with E-state index in [1.54, 1.807) is 0 Å². The van der Waals surface area contributed by atoms with Crippen molar-refractivity contribution in [3.63, 3.8) is 0 Å². The van der Waals surface area contributed by atoms with Gasteiger partial charge in [-0.2, -0.15) is 10.6 Å². The Hall–Kier alpha value is -1.10. The zero-order chi connectivity index (χ0) is 14.3. The Balaban J connectivity index is 2.45. The lowest BCUT2D eigenvalue weighted by atomic mass is 9.87. The molecule has 0 aliphatic heterocycles. The highest BCUT2D eigenvalue weighted by atomic mass is 35.5. The minimum Gasteiger partial charge on any atom is -0.316 e. The van der Waals surface area contributed by atoms with Crippen LogP contribution in [0.15, 0.2) is 24.4 Å². The van der Waals surface area contributed by atoms with Gasteiger partial charge in [-0.1, -0.05) is 11.6 Å². The maximum absolute atomic E-state index is 9.21.